The van der Waals surface area contributed by atoms with Crippen LogP contribution < -0.4 is 0 Å². The van der Waals surface area contributed by atoms with Crippen LogP contribution in [-0.4, -0.2) is 37.9 Å². The smallest absolute Gasteiger partial charge is 0.311 e. The van der Waals surface area contributed by atoms with E-state index in [-0.39, 0.29) is 0 Å². The summed E-state index contributed by atoms with van der Waals surface area (Å²) in [7, 11) is -3.28. The fourth-order valence-corrected chi connectivity index (χ4v) is 14.2. The normalized spacial score (nSPS) is 12.1. The molecule has 0 aliphatic carbocycles. The van der Waals surface area contributed by atoms with Crippen molar-refractivity contribution in [1.82, 2.24) is 0 Å². The van der Waals surface area contributed by atoms with Gasteiger partial charge in [-0.05, 0) is 12.8 Å². The van der Waals surface area contributed by atoms with Gasteiger partial charge in [0.25, 0.3) is 0 Å². The average Bonchev–Trinajstić information content (AvgIpc) is 3.17. The van der Waals surface area contributed by atoms with Crippen molar-refractivity contribution in [3.05, 3.63) is 0 Å². The topological polar surface area (TPSA) is 35.5 Å². The predicted octanol–water partition coefficient (Wildman–Crippen LogP) is 18.3. The third kappa shape index (κ3) is 45.2. The third-order valence-corrected chi connectivity index (χ3v) is 18.2. The number of rotatable bonds is 44. The first-order valence-corrected chi connectivity index (χ1v) is 28.9. The van der Waals surface area contributed by atoms with Gasteiger partial charge in [-0.3, -0.25) is 4.57 Å². The van der Waals surface area contributed by atoms with Crippen molar-refractivity contribution >= 4 is 15.5 Å². The zero-order valence-electron chi connectivity index (χ0n) is 37.9. The van der Waals surface area contributed by atoms with Crippen molar-refractivity contribution in [2.24, 2.45) is 0 Å². The molecule has 0 fully saturated rings. The predicted molar refractivity (Wildman–Crippen MR) is 249 cm³/mol. The van der Waals surface area contributed by atoms with Crippen LogP contribution in [0, 0.1) is 0 Å². The van der Waals surface area contributed by atoms with Crippen LogP contribution in [0.25, 0.3) is 0 Å². The Kier molecular flexibility index (Phi) is 51.2. The van der Waals surface area contributed by atoms with Gasteiger partial charge in [0.1, 0.15) is 0 Å². The van der Waals surface area contributed by atoms with E-state index in [9.17, 15) is 4.57 Å². The van der Waals surface area contributed by atoms with Gasteiger partial charge in [-0.25, -0.2) is 0 Å². The molecule has 0 aliphatic rings. The van der Waals surface area contributed by atoms with Gasteiger partial charge >= 0.3 is 209 Å². The van der Waals surface area contributed by atoms with E-state index in [1.807, 2.05) is 0 Å². The second-order valence-corrected chi connectivity index (χ2v) is 23.1. The largest absolute Gasteiger partial charge is 0.319 e. The molecule has 0 aliphatic heterocycles. The van der Waals surface area contributed by atoms with Crippen LogP contribution in [0.5, 0.6) is 0 Å². The van der Waals surface area contributed by atoms with Gasteiger partial charge in [0.2, 0.25) is 0 Å². The molecule has 0 atom stereocenters. The van der Waals surface area contributed by atoms with Crippen LogP contribution in [0.3, 0.4) is 0 Å². The molecular formula is C48H104O3P2. The molecule has 0 aromatic carbocycles. The van der Waals surface area contributed by atoms with E-state index in [2.05, 4.69) is 41.5 Å². The van der Waals surface area contributed by atoms with E-state index < -0.39 is 15.5 Å². The molecule has 0 saturated carbocycles. The van der Waals surface area contributed by atoms with Crippen LogP contribution >= 0.6 is 15.5 Å². The molecule has 324 valence electrons. The van der Waals surface area contributed by atoms with Gasteiger partial charge in [0.05, 0.1) is 13.2 Å². The Balaban J connectivity index is 0. The second-order valence-electron chi connectivity index (χ2n) is 17.1. The Bertz CT molecular complexity index is 622. The van der Waals surface area contributed by atoms with Crippen molar-refractivity contribution < 1.29 is 13.6 Å². The fourth-order valence-electron chi connectivity index (χ4n) is 7.99. The Morgan fingerprint density at radius 1 is 0.283 bits per heavy atom. The molecule has 0 radical (unpaired) electrons. The van der Waals surface area contributed by atoms with Crippen LogP contribution in [0.15, 0.2) is 0 Å². The maximum atomic E-state index is 11.5. The molecule has 0 aromatic heterocycles. The Morgan fingerprint density at radius 2 is 0.472 bits per heavy atom. The first-order chi connectivity index (χ1) is 26.1. The molecule has 0 rings (SSSR count). The van der Waals surface area contributed by atoms with E-state index >= 15 is 0 Å². The monoisotopic (exact) mass is 791 g/mol. The summed E-state index contributed by atoms with van der Waals surface area (Å²) < 4.78 is 21.9. The first kappa shape index (κ1) is 55.7. The minimum absolute atomic E-state index is 0.584. The standard InChI is InChI=1S/C32H69P.C16H35O3P/c1-5-9-13-17-18-19-20-21-22-23-24-28-32-33(29-25-14-10-6-2,30-26-15-11-7-3)31-27-16-12-8-4;1-3-5-7-9-11-13-15-18-20(17)19-16-14-12-10-8-6-4-2/h33H,5-32H2,1-4H3;20H,3-16H2,1-2H3. The Labute approximate surface area is 338 Å². The minimum atomic E-state index is -2.23. The Morgan fingerprint density at radius 3 is 0.717 bits per heavy atom. The summed E-state index contributed by atoms with van der Waals surface area (Å²) >= 11 is 0. The summed E-state index contributed by atoms with van der Waals surface area (Å²) in [6.45, 7) is 15.0. The summed E-state index contributed by atoms with van der Waals surface area (Å²) in [5, 5.41) is 0. The molecule has 0 unspecified atom stereocenters. The maximum absolute atomic E-state index is 11.5. The molecular weight excluding hydrogens is 686 g/mol. The number of hydrogen-bond donors (Lipinski definition) is 0. The van der Waals surface area contributed by atoms with Crippen molar-refractivity contribution in [2.75, 3.05) is 37.9 Å². The Hall–Kier alpha value is 0.580. The molecule has 0 heterocycles. The molecule has 0 aromatic rings. The van der Waals surface area contributed by atoms with Crippen LogP contribution in [-0.2, 0) is 13.6 Å². The SMILES string of the molecule is CCCCCCCCCCCCCC[PH](CCCCCC)(CCCCCC)CCCCCC.CCCCCCCCO[PH](=O)OCCCCCCCC. The van der Waals surface area contributed by atoms with Crippen LogP contribution in [0.4, 0.5) is 0 Å². The molecule has 0 bridgehead atoms. The second kappa shape index (κ2) is 48.7. The number of unbranched alkanes of at least 4 members (excludes halogenated alkanes) is 30. The molecule has 53 heavy (non-hydrogen) atoms. The van der Waals surface area contributed by atoms with Gasteiger partial charge in [-0.2, -0.15) is 0 Å². The van der Waals surface area contributed by atoms with Crippen molar-refractivity contribution in [1.29, 1.82) is 0 Å². The van der Waals surface area contributed by atoms with E-state index in [1.165, 1.54) is 193 Å². The van der Waals surface area contributed by atoms with E-state index in [1.54, 1.807) is 50.3 Å². The van der Waals surface area contributed by atoms with Crippen LogP contribution in [0.1, 0.15) is 273 Å². The van der Waals surface area contributed by atoms with Gasteiger partial charge in [0.15, 0.2) is 0 Å². The van der Waals surface area contributed by atoms with E-state index in [0.29, 0.717) is 13.2 Å². The van der Waals surface area contributed by atoms with E-state index in [0.717, 1.165) is 12.8 Å². The maximum Gasteiger partial charge on any atom is 0.319 e. The van der Waals surface area contributed by atoms with Gasteiger partial charge < -0.3 is 9.05 Å². The van der Waals surface area contributed by atoms with Gasteiger partial charge in [-0.15, -0.1) is 0 Å². The van der Waals surface area contributed by atoms with Gasteiger partial charge in [0, 0.05) is 0 Å². The molecule has 5 heteroatoms. The first-order valence-electron chi connectivity index (χ1n) is 24.8. The third-order valence-electron chi connectivity index (χ3n) is 11.7. The molecule has 0 amide bonds. The van der Waals surface area contributed by atoms with Crippen molar-refractivity contribution in [3.8, 4) is 0 Å². The summed E-state index contributed by atoms with van der Waals surface area (Å²) in [6, 6.07) is 0. The average molecular weight is 791 g/mol. The van der Waals surface area contributed by atoms with Crippen molar-refractivity contribution in [3.63, 3.8) is 0 Å². The summed E-state index contributed by atoms with van der Waals surface area (Å²) in [5.74, 6) is 0. The minimum Gasteiger partial charge on any atom is -0.311 e. The summed E-state index contributed by atoms with van der Waals surface area (Å²) in [5.41, 5.74) is 0. The fraction of sp³-hybridized carbons (Fsp3) is 1.00. The quantitative estimate of drug-likeness (QED) is 0.0455. The molecule has 3 nitrogen and oxygen atoms in total. The van der Waals surface area contributed by atoms with Crippen molar-refractivity contribution in [2.45, 2.75) is 273 Å². The zero-order valence-corrected chi connectivity index (χ0v) is 39.9. The van der Waals surface area contributed by atoms with Crippen LogP contribution in [0.2, 0.25) is 0 Å². The molecule has 0 spiro atoms. The molecule has 0 N–H and O–H groups in total. The summed E-state index contributed by atoms with van der Waals surface area (Å²) in [6.07, 6.45) is 57.0. The number of hydrogen-bond acceptors (Lipinski definition) is 3. The van der Waals surface area contributed by atoms with E-state index in [4.69, 9.17) is 9.05 Å². The zero-order chi connectivity index (χ0) is 39.2. The summed E-state index contributed by atoms with van der Waals surface area (Å²) in [4.78, 5) is 0. The van der Waals surface area contributed by atoms with Gasteiger partial charge in [-0.1, -0.05) is 91.4 Å². The molecule has 0 saturated heterocycles.